The lowest BCUT2D eigenvalue weighted by atomic mass is 10.1. The average molecular weight is 446 g/mol. The number of aliphatic hydroxyl groups is 1. The van der Waals surface area contributed by atoms with Crippen molar-refractivity contribution in [3.05, 3.63) is 48.8 Å². The summed E-state index contributed by atoms with van der Waals surface area (Å²) in [5, 5.41) is 21.5. The molecule has 0 radical (unpaired) electrons. The van der Waals surface area contributed by atoms with Crippen molar-refractivity contribution in [1.82, 2.24) is 43.9 Å². The summed E-state index contributed by atoms with van der Waals surface area (Å²) in [6.07, 6.45) is 8.76. The fourth-order valence-corrected chi connectivity index (χ4v) is 3.57. The topological polar surface area (TPSA) is 133 Å². The fourth-order valence-electron chi connectivity index (χ4n) is 3.57. The van der Waals surface area contributed by atoms with Gasteiger partial charge in [0.2, 0.25) is 11.7 Å². The summed E-state index contributed by atoms with van der Waals surface area (Å²) in [6, 6.07) is 3.60. The molecule has 0 atom stereocenters. The van der Waals surface area contributed by atoms with Crippen LogP contribution in [-0.2, 0) is 14.1 Å². The smallest absolute Gasteiger partial charge is 0.218 e. The van der Waals surface area contributed by atoms with Gasteiger partial charge in [-0.25, -0.2) is 24.5 Å². The predicted molar refractivity (Wildman–Crippen MR) is 120 cm³/mol. The van der Waals surface area contributed by atoms with E-state index in [1.807, 2.05) is 50.2 Å². The van der Waals surface area contributed by atoms with Crippen molar-refractivity contribution in [3.63, 3.8) is 0 Å². The van der Waals surface area contributed by atoms with Gasteiger partial charge in [0, 0.05) is 50.5 Å². The number of fused-ring (bicyclic) bond motifs is 1. The molecule has 168 valence electrons. The van der Waals surface area contributed by atoms with Crippen LogP contribution in [0.25, 0.3) is 28.4 Å². The molecule has 5 aromatic heterocycles. The molecule has 5 rings (SSSR count). The number of aromatic nitrogens is 9. The maximum absolute atomic E-state index is 9.00. The number of nitrogens with one attached hydrogen (secondary N) is 1. The molecule has 0 aliphatic heterocycles. The fraction of sp³-hybridized carbons (Fsp3) is 0.238. The van der Waals surface area contributed by atoms with Crippen LogP contribution >= 0.6 is 0 Å². The number of anilines is 2. The summed E-state index contributed by atoms with van der Waals surface area (Å²) in [5.41, 5.74) is 3.53. The zero-order valence-corrected chi connectivity index (χ0v) is 18.3. The summed E-state index contributed by atoms with van der Waals surface area (Å²) in [6.45, 7) is 2.04. The first-order valence-electron chi connectivity index (χ1n) is 10.2. The van der Waals surface area contributed by atoms with Crippen LogP contribution in [0.15, 0.2) is 43.2 Å². The Morgan fingerprint density at radius 2 is 2.00 bits per heavy atom. The van der Waals surface area contributed by atoms with Crippen molar-refractivity contribution in [1.29, 1.82) is 0 Å². The Morgan fingerprint density at radius 3 is 2.73 bits per heavy atom. The monoisotopic (exact) mass is 446 g/mol. The molecule has 0 aliphatic carbocycles. The minimum absolute atomic E-state index is 0.105. The van der Waals surface area contributed by atoms with Gasteiger partial charge in [-0.05, 0) is 18.6 Å². The molecule has 0 bridgehead atoms. The van der Waals surface area contributed by atoms with Crippen molar-refractivity contribution < 1.29 is 9.84 Å². The molecule has 0 aliphatic rings. The van der Waals surface area contributed by atoms with Crippen LogP contribution in [0, 0.1) is 6.92 Å². The average Bonchev–Trinajstić information content (AvgIpc) is 3.51. The highest BCUT2D eigenvalue weighted by Gasteiger charge is 2.20. The molecule has 0 saturated heterocycles. The minimum atomic E-state index is -0.105. The number of hydrogen-bond acceptors (Lipinski definition) is 9. The van der Waals surface area contributed by atoms with E-state index in [-0.39, 0.29) is 13.2 Å². The van der Waals surface area contributed by atoms with E-state index in [2.05, 4.69) is 25.4 Å². The van der Waals surface area contributed by atoms with Crippen LogP contribution in [0.2, 0.25) is 0 Å². The maximum Gasteiger partial charge on any atom is 0.218 e. The van der Waals surface area contributed by atoms with Gasteiger partial charge < -0.3 is 19.7 Å². The molecule has 0 saturated carbocycles. The second-order valence-electron chi connectivity index (χ2n) is 7.42. The molecule has 0 spiro atoms. The number of nitrogens with zero attached hydrogens (tertiary/aromatic N) is 9. The molecule has 0 unspecified atom stereocenters. The number of aliphatic hydroxyl groups excluding tert-OH is 1. The standard InChI is InChI=1S/C21H22N10O2/c1-13-14(15-4-6-30(3)27-15)11-31-18(13)19(26-20(28-31)21-22-5-7-29(21)2)25-16-10-17(24-12-23-16)33-9-8-32/h4-7,10-12,32H,8-9H2,1-3H3,(H,23,24,25,26,28). The Morgan fingerprint density at radius 1 is 1.12 bits per heavy atom. The van der Waals surface area contributed by atoms with Gasteiger partial charge in [0.05, 0.1) is 12.3 Å². The van der Waals surface area contributed by atoms with Crippen molar-refractivity contribution in [2.24, 2.45) is 14.1 Å². The zero-order valence-electron chi connectivity index (χ0n) is 18.3. The first kappa shape index (κ1) is 20.6. The summed E-state index contributed by atoms with van der Waals surface area (Å²) in [7, 11) is 3.77. The molecule has 5 heterocycles. The minimum Gasteiger partial charge on any atom is -0.475 e. The molecular weight excluding hydrogens is 424 g/mol. The third-order valence-corrected chi connectivity index (χ3v) is 5.12. The Balaban J connectivity index is 1.65. The van der Waals surface area contributed by atoms with E-state index >= 15 is 0 Å². The van der Waals surface area contributed by atoms with Gasteiger partial charge >= 0.3 is 0 Å². The van der Waals surface area contributed by atoms with E-state index in [1.165, 1.54) is 6.33 Å². The first-order chi connectivity index (χ1) is 16.0. The highest BCUT2D eigenvalue weighted by atomic mass is 16.5. The van der Waals surface area contributed by atoms with Crippen molar-refractivity contribution >= 4 is 17.2 Å². The first-order valence-corrected chi connectivity index (χ1v) is 10.2. The summed E-state index contributed by atoms with van der Waals surface area (Å²) >= 11 is 0. The van der Waals surface area contributed by atoms with Gasteiger partial charge in [-0.3, -0.25) is 4.68 Å². The third kappa shape index (κ3) is 3.87. The lowest BCUT2D eigenvalue weighted by Gasteiger charge is -2.11. The van der Waals surface area contributed by atoms with Gasteiger partial charge in [0.1, 0.15) is 24.3 Å². The molecule has 33 heavy (non-hydrogen) atoms. The molecule has 0 fully saturated rings. The summed E-state index contributed by atoms with van der Waals surface area (Å²) in [4.78, 5) is 17.5. The van der Waals surface area contributed by atoms with Gasteiger partial charge in [-0.15, -0.1) is 5.10 Å². The molecular formula is C21H22N10O2. The van der Waals surface area contributed by atoms with Crippen LogP contribution < -0.4 is 10.1 Å². The van der Waals surface area contributed by atoms with E-state index in [4.69, 9.17) is 19.9 Å². The molecule has 5 aromatic rings. The van der Waals surface area contributed by atoms with Crippen molar-refractivity contribution in [2.75, 3.05) is 18.5 Å². The number of hydrogen-bond donors (Lipinski definition) is 2. The molecule has 0 aromatic carbocycles. The summed E-state index contributed by atoms with van der Waals surface area (Å²) < 4.78 is 10.8. The Labute approximate surface area is 188 Å². The van der Waals surface area contributed by atoms with E-state index < -0.39 is 0 Å². The van der Waals surface area contributed by atoms with Crippen LogP contribution in [0.5, 0.6) is 5.88 Å². The maximum atomic E-state index is 9.00. The largest absolute Gasteiger partial charge is 0.475 e. The Kier molecular flexibility index (Phi) is 5.18. The lowest BCUT2D eigenvalue weighted by molar-refractivity contribution is 0.196. The van der Waals surface area contributed by atoms with Crippen LogP contribution in [0.4, 0.5) is 11.6 Å². The number of rotatable bonds is 7. The zero-order chi connectivity index (χ0) is 22.9. The number of aryl methyl sites for hydroxylation is 3. The van der Waals surface area contributed by atoms with Gasteiger partial charge in [0.25, 0.3) is 0 Å². The quantitative estimate of drug-likeness (QED) is 0.383. The Bertz CT molecular complexity index is 1430. The highest BCUT2D eigenvalue weighted by molar-refractivity contribution is 5.84. The third-order valence-electron chi connectivity index (χ3n) is 5.12. The Hall–Kier alpha value is -4.32. The molecule has 12 heteroatoms. The van der Waals surface area contributed by atoms with E-state index in [9.17, 15) is 0 Å². The van der Waals surface area contributed by atoms with Crippen molar-refractivity contribution in [3.8, 4) is 28.8 Å². The van der Waals surface area contributed by atoms with Crippen LogP contribution in [0.1, 0.15) is 5.56 Å². The van der Waals surface area contributed by atoms with Crippen LogP contribution in [0.3, 0.4) is 0 Å². The SMILES string of the molecule is Cc1c(-c2ccn(C)n2)cn2nc(-c3nccn3C)nc(Nc3cc(OCCO)ncn3)c12. The normalized spacial score (nSPS) is 11.3. The van der Waals surface area contributed by atoms with E-state index in [1.54, 1.807) is 21.5 Å². The predicted octanol–water partition coefficient (Wildman–Crippen LogP) is 1.74. The summed E-state index contributed by atoms with van der Waals surface area (Å²) in [5.74, 6) is 2.46. The van der Waals surface area contributed by atoms with Crippen molar-refractivity contribution in [2.45, 2.75) is 6.92 Å². The van der Waals surface area contributed by atoms with Gasteiger partial charge in [-0.2, -0.15) is 5.10 Å². The van der Waals surface area contributed by atoms with E-state index in [0.29, 0.717) is 29.2 Å². The van der Waals surface area contributed by atoms with Gasteiger partial charge in [-0.1, -0.05) is 0 Å². The van der Waals surface area contributed by atoms with E-state index in [0.717, 1.165) is 22.3 Å². The highest BCUT2D eigenvalue weighted by Crippen LogP contribution is 2.32. The van der Waals surface area contributed by atoms with Crippen LogP contribution in [-0.4, -0.2) is 62.2 Å². The number of ether oxygens (including phenoxy) is 1. The van der Waals surface area contributed by atoms with Gasteiger partial charge in [0.15, 0.2) is 11.6 Å². The lowest BCUT2D eigenvalue weighted by Crippen LogP contribution is -2.07. The second-order valence-corrected chi connectivity index (χ2v) is 7.42. The molecule has 2 N–H and O–H groups in total. The molecule has 0 amide bonds. The second kappa shape index (κ2) is 8.31. The number of imidazole rings is 1. The molecule has 12 nitrogen and oxygen atoms in total.